The SMILES string of the molecule is CC(=O)N1CCc2cc(NC(=NC#N)Nc3ccc(C)cc3)ccc2C1C(=O)NC(Cc1ccc(CCC(=O)O)cc1)C(=O)O. The number of benzene rings is 3. The number of carboxylic acid groups (broad SMARTS) is 2. The maximum absolute atomic E-state index is 13.7. The van der Waals surface area contributed by atoms with E-state index in [1.165, 1.54) is 11.8 Å². The van der Waals surface area contributed by atoms with Gasteiger partial charge in [0.2, 0.25) is 24.0 Å². The molecule has 45 heavy (non-hydrogen) atoms. The number of carboxylic acids is 2. The molecule has 0 radical (unpaired) electrons. The molecule has 1 aliphatic rings. The van der Waals surface area contributed by atoms with E-state index in [2.05, 4.69) is 20.9 Å². The zero-order valence-electron chi connectivity index (χ0n) is 24.9. The van der Waals surface area contributed by atoms with Gasteiger partial charge in [-0.25, -0.2) is 4.79 Å². The largest absolute Gasteiger partial charge is 0.481 e. The minimum absolute atomic E-state index is 0.00220. The van der Waals surface area contributed by atoms with Gasteiger partial charge in [0.25, 0.3) is 0 Å². The summed E-state index contributed by atoms with van der Waals surface area (Å²) in [5.74, 6) is -2.87. The van der Waals surface area contributed by atoms with E-state index in [1.807, 2.05) is 37.3 Å². The molecule has 12 nitrogen and oxygen atoms in total. The van der Waals surface area contributed by atoms with Gasteiger partial charge in [0.05, 0.1) is 0 Å². The van der Waals surface area contributed by atoms with Crippen molar-refractivity contribution in [3.8, 4) is 6.19 Å². The lowest BCUT2D eigenvalue weighted by atomic mass is 9.91. The van der Waals surface area contributed by atoms with Crippen LogP contribution in [0.15, 0.2) is 71.7 Å². The molecule has 5 N–H and O–H groups in total. The summed E-state index contributed by atoms with van der Waals surface area (Å²) in [4.78, 5) is 54.5. The number of nitriles is 1. The Morgan fingerprint density at radius 1 is 0.978 bits per heavy atom. The van der Waals surface area contributed by atoms with Crippen LogP contribution in [0.2, 0.25) is 0 Å². The summed E-state index contributed by atoms with van der Waals surface area (Å²) in [7, 11) is 0. The normalized spacial score (nSPS) is 14.8. The zero-order chi connectivity index (χ0) is 32.5. The number of hydrogen-bond donors (Lipinski definition) is 5. The van der Waals surface area contributed by atoms with Crippen LogP contribution < -0.4 is 16.0 Å². The van der Waals surface area contributed by atoms with E-state index in [1.54, 1.807) is 42.6 Å². The van der Waals surface area contributed by atoms with Crippen molar-refractivity contribution in [2.75, 3.05) is 17.2 Å². The number of guanidine groups is 1. The predicted octanol–water partition coefficient (Wildman–Crippen LogP) is 3.63. The van der Waals surface area contributed by atoms with Crippen LogP contribution in [-0.4, -0.2) is 57.4 Å². The number of nitrogens with one attached hydrogen (secondary N) is 3. The van der Waals surface area contributed by atoms with Crippen LogP contribution >= 0.6 is 0 Å². The number of aryl methyl sites for hydroxylation is 2. The van der Waals surface area contributed by atoms with Gasteiger partial charge in [-0.1, -0.05) is 48.0 Å². The van der Waals surface area contributed by atoms with Crippen molar-refractivity contribution in [3.63, 3.8) is 0 Å². The second-order valence-electron chi connectivity index (χ2n) is 10.8. The van der Waals surface area contributed by atoms with Gasteiger partial charge in [-0.3, -0.25) is 14.4 Å². The molecule has 1 aliphatic heterocycles. The molecule has 4 rings (SSSR count). The topological polar surface area (TPSA) is 184 Å². The molecule has 12 heteroatoms. The maximum Gasteiger partial charge on any atom is 0.326 e. The Morgan fingerprint density at radius 2 is 1.62 bits per heavy atom. The van der Waals surface area contributed by atoms with Gasteiger partial charge in [-0.15, -0.1) is 4.99 Å². The minimum Gasteiger partial charge on any atom is -0.481 e. The fraction of sp³-hybridized carbons (Fsp3) is 0.273. The Labute approximate surface area is 260 Å². The number of aliphatic imine (C=N–C) groups is 1. The third-order valence-electron chi connectivity index (χ3n) is 7.47. The highest BCUT2D eigenvalue weighted by Crippen LogP contribution is 2.32. The lowest BCUT2D eigenvalue weighted by molar-refractivity contribution is -0.144. The predicted molar refractivity (Wildman–Crippen MR) is 167 cm³/mol. The number of fused-ring (bicyclic) bond motifs is 1. The van der Waals surface area contributed by atoms with Gasteiger partial charge < -0.3 is 31.1 Å². The van der Waals surface area contributed by atoms with Crippen molar-refractivity contribution in [2.24, 2.45) is 4.99 Å². The first-order chi connectivity index (χ1) is 21.5. The highest BCUT2D eigenvalue weighted by Gasteiger charge is 2.36. The summed E-state index contributed by atoms with van der Waals surface area (Å²) in [6.07, 6.45) is 2.57. The van der Waals surface area contributed by atoms with Crippen LogP contribution in [0.3, 0.4) is 0 Å². The van der Waals surface area contributed by atoms with Crippen molar-refractivity contribution >= 4 is 41.1 Å². The van der Waals surface area contributed by atoms with Crippen LogP contribution in [-0.2, 0) is 38.4 Å². The highest BCUT2D eigenvalue weighted by atomic mass is 16.4. The molecule has 3 aromatic carbocycles. The highest BCUT2D eigenvalue weighted by molar-refractivity contribution is 6.04. The summed E-state index contributed by atoms with van der Waals surface area (Å²) < 4.78 is 0. The van der Waals surface area contributed by atoms with Crippen LogP contribution in [0.4, 0.5) is 11.4 Å². The number of rotatable bonds is 10. The molecule has 0 spiro atoms. The summed E-state index contributed by atoms with van der Waals surface area (Å²) in [6.45, 7) is 3.58. The molecule has 3 aromatic rings. The maximum atomic E-state index is 13.7. The first-order valence-corrected chi connectivity index (χ1v) is 14.3. The molecule has 0 fully saturated rings. The number of carbonyl (C=O) groups excluding carboxylic acids is 2. The van der Waals surface area contributed by atoms with Crippen LogP contribution in [0.25, 0.3) is 0 Å². The molecular formula is C33H34N6O6. The summed E-state index contributed by atoms with van der Waals surface area (Å²) in [5, 5.41) is 36.8. The Balaban J connectivity index is 1.52. The number of aliphatic carboxylic acids is 2. The van der Waals surface area contributed by atoms with Gasteiger partial charge in [-0.05, 0) is 66.3 Å². The fourth-order valence-electron chi connectivity index (χ4n) is 5.15. The molecule has 0 saturated carbocycles. The Hall–Kier alpha value is -5.70. The second-order valence-corrected chi connectivity index (χ2v) is 10.8. The third-order valence-corrected chi connectivity index (χ3v) is 7.47. The minimum atomic E-state index is -1.26. The van der Waals surface area contributed by atoms with Gasteiger partial charge in [0.15, 0.2) is 0 Å². The van der Waals surface area contributed by atoms with Crippen LogP contribution in [0, 0.1) is 18.4 Å². The summed E-state index contributed by atoms with van der Waals surface area (Å²) >= 11 is 0. The second kappa shape index (κ2) is 14.7. The number of amides is 2. The average Bonchev–Trinajstić information content (AvgIpc) is 3.00. The van der Waals surface area contributed by atoms with Crippen molar-refractivity contribution in [3.05, 3.63) is 94.5 Å². The van der Waals surface area contributed by atoms with Crippen molar-refractivity contribution < 1.29 is 29.4 Å². The lowest BCUT2D eigenvalue weighted by Gasteiger charge is -2.36. The molecule has 0 bridgehead atoms. The summed E-state index contributed by atoms with van der Waals surface area (Å²) in [5.41, 5.74) is 5.23. The van der Waals surface area contributed by atoms with Gasteiger partial charge in [0.1, 0.15) is 12.1 Å². The van der Waals surface area contributed by atoms with E-state index in [0.29, 0.717) is 29.7 Å². The lowest BCUT2D eigenvalue weighted by Crippen LogP contribution is -2.51. The van der Waals surface area contributed by atoms with E-state index in [9.17, 15) is 29.5 Å². The van der Waals surface area contributed by atoms with E-state index < -0.39 is 29.9 Å². The quantitative estimate of drug-likeness (QED) is 0.130. The van der Waals surface area contributed by atoms with Crippen molar-refractivity contribution in [1.29, 1.82) is 5.26 Å². The molecule has 1 heterocycles. The molecule has 2 atom stereocenters. The fourth-order valence-corrected chi connectivity index (χ4v) is 5.15. The Kier molecular flexibility index (Phi) is 10.5. The molecule has 0 aromatic heterocycles. The van der Waals surface area contributed by atoms with Gasteiger partial charge in [-0.2, -0.15) is 5.26 Å². The monoisotopic (exact) mass is 610 g/mol. The zero-order valence-corrected chi connectivity index (χ0v) is 24.9. The third kappa shape index (κ3) is 8.67. The molecule has 2 amide bonds. The number of hydrogen-bond acceptors (Lipinski definition) is 6. The van der Waals surface area contributed by atoms with Gasteiger partial charge in [0, 0.05) is 37.7 Å². The first kappa shape index (κ1) is 32.2. The Morgan fingerprint density at radius 3 is 2.24 bits per heavy atom. The van der Waals surface area contributed by atoms with Crippen LogP contribution in [0.5, 0.6) is 0 Å². The number of anilines is 2. The summed E-state index contributed by atoms with van der Waals surface area (Å²) in [6, 6.07) is 17.4. The first-order valence-electron chi connectivity index (χ1n) is 14.3. The average molecular weight is 611 g/mol. The van der Waals surface area contributed by atoms with Crippen molar-refractivity contribution in [2.45, 2.75) is 51.6 Å². The molecule has 0 saturated heterocycles. The van der Waals surface area contributed by atoms with E-state index in [0.717, 1.165) is 22.4 Å². The number of carbonyl (C=O) groups is 4. The van der Waals surface area contributed by atoms with Crippen LogP contribution in [0.1, 0.15) is 47.2 Å². The molecule has 2 unspecified atom stereocenters. The van der Waals surface area contributed by atoms with E-state index in [-0.39, 0.29) is 31.3 Å². The Bertz CT molecular complexity index is 1650. The van der Waals surface area contributed by atoms with E-state index >= 15 is 0 Å². The van der Waals surface area contributed by atoms with E-state index in [4.69, 9.17) is 5.11 Å². The smallest absolute Gasteiger partial charge is 0.326 e. The standard InChI is InChI=1S/C33H34N6O6/c1-20-3-10-25(11-4-20)36-33(35-19-34)37-26-12-13-27-24(18-26)15-16-39(21(2)40)30(27)31(43)38-28(32(44)45)17-23-7-5-22(6-8-23)9-14-29(41)42/h3-8,10-13,18,28,30H,9,14-17H2,1-2H3,(H,38,43)(H,41,42)(H,44,45)(H2,35,36,37). The van der Waals surface area contributed by atoms with Gasteiger partial charge >= 0.3 is 11.9 Å². The molecular weight excluding hydrogens is 576 g/mol. The molecule has 0 aliphatic carbocycles. The van der Waals surface area contributed by atoms with Crippen molar-refractivity contribution in [1.82, 2.24) is 10.2 Å². The number of nitrogens with zero attached hydrogens (tertiary/aromatic N) is 3. The molecule has 232 valence electrons.